The molecule has 1 aromatic heterocycles. The Hall–Kier alpha value is -7.36. The quantitative estimate of drug-likeness (QED) is 0.163. The van der Waals surface area contributed by atoms with Gasteiger partial charge < -0.3 is 4.57 Å². The fourth-order valence-electron chi connectivity index (χ4n) is 8.75. The number of hydrogen-bond donors (Lipinski definition) is 0. The molecule has 3 heteroatoms. The highest BCUT2D eigenvalue weighted by Gasteiger charge is 2.24. The van der Waals surface area contributed by atoms with E-state index in [1.54, 1.807) is 0 Å². The van der Waals surface area contributed by atoms with Crippen LogP contribution in [-0.4, -0.2) is 16.0 Å². The van der Waals surface area contributed by atoms with Crippen molar-refractivity contribution in [3.63, 3.8) is 0 Å². The van der Waals surface area contributed by atoms with Crippen molar-refractivity contribution in [1.29, 1.82) is 0 Å². The van der Waals surface area contributed by atoms with Crippen LogP contribution < -0.4 is 0 Å². The zero-order chi connectivity index (χ0) is 37.7. The molecule has 0 radical (unpaired) electrons. The van der Waals surface area contributed by atoms with E-state index in [0.717, 1.165) is 34.7 Å². The molecule has 0 spiro atoms. The Morgan fingerprint density at radius 1 is 0.404 bits per heavy atom. The molecule has 9 aromatic rings. The first-order valence-electron chi connectivity index (χ1n) is 19.6. The monoisotopic (exact) mass is 727 g/mol. The minimum atomic E-state index is 0.700. The Labute approximate surface area is 332 Å². The maximum Gasteiger partial charge on any atom is 0.0888 e. The lowest BCUT2D eigenvalue weighted by atomic mass is 9.95. The molecule has 11 rings (SSSR count). The molecule has 0 amide bonds. The molecule has 0 saturated carbocycles. The van der Waals surface area contributed by atoms with E-state index in [1.807, 2.05) is 6.20 Å². The topological polar surface area (TPSA) is 29.6 Å². The highest BCUT2D eigenvalue weighted by atomic mass is 15.0. The van der Waals surface area contributed by atoms with Crippen molar-refractivity contribution in [2.75, 3.05) is 0 Å². The fourth-order valence-corrected chi connectivity index (χ4v) is 8.75. The average Bonchev–Trinajstić information content (AvgIpc) is 3.37. The zero-order valence-electron chi connectivity index (χ0n) is 31.3. The van der Waals surface area contributed by atoms with Gasteiger partial charge in [0.05, 0.1) is 34.4 Å². The first-order valence-corrected chi connectivity index (χ1v) is 19.6. The summed E-state index contributed by atoms with van der Waals surface area (Å²) in [5.41, 5.74) is 19.8. The summed E-state index contributed by atoms with van der Waals surface area (Å²) >= 11 is 0. The Balaban J connectivity index is 0.870. The lowest BCUT2D eigenvalue weighted by Gasteiger charge is -2.11. The van der Waals surface area contributed by atoms with Crippen LogP contribution in [0, 0.1) is 0 Å². The van der Waals surface area contributed by atoms with E-state index in [-0.39, 0.29) is 0 Å². The van der Waals surface area contributed by atoms with E-state index in [2.05, 4.69) is 199 Å². The van der Waals surface area contributed by atoms with Gasteiger partial charge in [-0.3, -0.25) is 9.98 Å². The minimum Gasteiger partial charge on any atom is -0.309 e. The van der Waals surface area contributed by atoms with Gasteiger partial charge in [-0.15, -0.1) is 0 Å². The highest BCUT2D eigenvalue weighted by Crippen LogP contribution is 2.37. The van der Waals surface area contributed by atoms with Crippen molar-refractivity contribution < 1.29 is 0 Å². The zero-order valence-corrected chi connectivity index (χ0v) is 31.3. The minimum absolute atomic E-state index is 0.700. The fraction of sp³-hybridized carbons (Fsp3) is 0.0370. The van der Waals surface area contributed by atoms with Crippen LogP contribution in [0.25, 0.3) is 66.6 Å². The summed E-state index contributed by atoms with van der Waals surface area (Å²) in [6.07, 6.45) is 3.51. The first-order chi connectivity index (χ1) is 28.2. The van der Waals surface area contributed by atoms with Gasteiger partial charge in [0.15, 0.2) is 0 Å². The van der Waals surface area contributed by atoms with Crippen LogP contribution in [0.5, 0.6) is 0 Å². The van der Waals surface area contributed by atoms with Crippen LogP contribution >= 0.6 is 0 Å². The number of fused-ring (bicyclic) bond motifs is 10. The number of aromatic nitrogens is 1. The molecule has 2 bridgehead atoms. The van der Waals surface area contributed by atoms with Crippen molar-refractivity contribution >= 4 is 38.9 Å². The lowest BCUT2D eigenvalue weighted by molar-refractivity contribution is 1.17. The van der Waals surface area contributed by atoms with Crippen molar-refractivity contribution in [3.8, 4) is 39.1 Å². The Morgan fingerprint density at radius 3 is 1.77 bits per heavy atom. The second kappa shape index (κ2) is 13.7. The van der Waals surface area contributed by atoms with E-state index in [0.29, 0.717) is 6.42 Å². The molecule has 0 atom stereocenters. The Morgan fingerprint density at radius 2 is 1.00 bits per heavy atom. The second-order valence-corrected chi connectivity index (χ2v) is 15.0. The first kappa shape index (κ1) is 33.0. The molecule has 2 heterocycles. The molecule has 0 saturated heterocycles. The van der Waals surface area contributed by atoms with Crippen molar-refractivity contribution in [3.05, 3.63) is 228 Å². The number of para-hydroxylation sites is 2. The predicted molar refractivity (Wildman–Crippen MR) is 238 cm³/mol. The summed E-state index contributed by atoms with van der Waals surface area (Å²) in [6, 6.07) is 70.1. The Bertz CT molecular complexity index is 3110. The van der Waals surface area contributed by atoms with E-state index in [1.165, 1.54) is 77.6 Å². The average molecular weight is 728 g/mol. The molecule has 8 aromatic carbocycles. The van der Waals surface area contributed by atoms with Gasteiger partial charge in [-0.1, -0.05) is 158 Å². The molecule has 268 valence electrons. The van der Waals surface area contributed by atoms with Crippen molar-refractivity contribution in [1.82, 2.24) is 4.57 Å². The number of aliphatic imine (C=N–C) groups is 2. The van der Waals surface area contributed by atoms with Gasteiger partial charge >= 0.3 is 0 Å². The number of nitrogens with zero attached hydrogens (tertiary/aromatic N) is 3. The summed E-state index contributed by atoms with van der Waals surface area (Å²) < 4.78 is 2.37. The van der Waals surface area contributed by atoms with E-state index >= 15 is 0 Å². The van der Waals surface area contributed by atoms with Gasteiger partial charge in [0.25, 0.3) is 0 Å². The van der Waals surface area contributed by atoms with Crippen molar-refractivity contribution in [2.45, 2.75) is 12.8 Å². The normalized spacial score (nSPS) is 13.2. The maximum atomic E-state index is 5.28. The highest BCUT2D eigenvalue weighted by molar-refractivity contribution is 6.25. The van der Waals surface area contributed by atoms with E-state index < -0.39 is 0 Å². The second-order valence-electron chi connectivity index (χ2n) is 15.0. The maximum absolute atomic E-state index is 5.28. The van der Waals surface area contributed by atoms with E-state index in [4.69, 9.17) is 9.98 Å². The molecule has 3 nitrogen and oxygen atoms in total. The largest absolute Gasteiger partial charge is 0.309 e. The standard InChI is InChI=1S/C54H37N3/c1-2-16-43(17-3-1)57-53-23-9-8-22-48(53)49-32-37(24-29-54(49)57)30-36-12-10-13-40(31-36)38-25-27-39(28-26-38)41-14-11-15-42(33-41)52-35-55-50-34-51(56-52)47-21-7-5-19-45(47)44-18-4-6-20-46(44)50/h1-29,31-33,35H,30,34H2. The van der Waals surface area contributed by atoms with Gasteiger partial charge in [-0.25, -0.2) is 0 Å². The van der Waals surface area contributed by atoms with Gasteiger partial charge in [-0.05, 0) is 87.3 Å². The van der Waals surface area contributed by atoms with Crippen molar-refractivity contribution in [2.24, 2.45) is 9.98 Å². The molecule has 0 unspecified atom stereocenters. The van der Waals surface area contributed by atoms with Crippen LogP contribution in [0.4, 0.5) is 0 Å². The number of hydrogen-bond acceptors (Lipinski definition) is 2. The van der Waals surface area contributed by atoms with Crippen LogP contribution in [0.15, 0.2) is 210 Å². The third-order valence-corrected chi connectivity index (χ3v) is 11.5. The lowest BCUT2D eigenvalue weighted by Crippen LogP contribution is -2.07. The Kier molecular flexibility index (Phi) is 7.96. The van der Waals surface area contributed by atoms with Gasteiger partial charge in [0.2, 0.25) is 0 Å². The third kappa shape index (κ3) is 5.92. The van der Waals surface area contributed by atoms with Gasteiger partial charge in [-0.2, -0.15) is 0 Å². The number of rotatable bonds is 6. The number of benzene rings is 8. The summed E-state index contributed by atoms with van der Waals surface area (Å²) in [5, 5.41) is 2.56. The molecule has 0 fully saturated rings. The SMILES string of the molecule is C1=C(c2cccc(-c3ccc(-c4cccc(Cc5ccc6c(c5)c5ccccc5n6-c5ccccc5)c4)cc3)c2)N=C2CC(=N1)c1ccccc1-c1ccccc12. The van der Waals surface area contributed by atoms with Crippen LogP contribution in [0.3, 0.4) is 0 Å². The summed E-state index contributed by atoms with van der Waals surface area (Å²) in [4.78, 5) is 10.3. The summed E-state index contributed by atoms with van der Waals surface area (Å²) in [7, 11) is 0. The molecule has 0 N–H and O–H groups in total. The molecule has 1 aliphatic carbocycles. The van der Waals surface area contributed by atoms with E-state index in [9.17, 15) is 0 Å². The summed E-state index contributed by atoms with van der Waals surface area (Å²) in [5.74, 6) is 0. The third-order valence-electron chi connectivity index (χ3n) is 11.5. The molecular formula is C54H37N3. The molecular weight excluding hydrogens is 691 g/mol. The smallest absolute Gasteiger partial charge is 0.0888 e. The van der Waals surface area contributed by atoms with Crippen LogP contribution in [0.2, 0.25) is 0 Å². The molecule has 1 aliphatic heterocycles. The van der Waals surface area contributed by atoms with Crippen LogP contribution in [-0.2, 0) is 6.42 Å². The molecule has 57 heavy (non-hydrogen) atoms. The predicted octanol–water partition coefficient (Wildman–Crippen LogP) is 13.4. The van der Waals surface area contributed by atoms with Gasteiger partial charge in [0.1, 0.15) is 0 Å². The van der Waals surface area contributed by atoms with Gasteiger partial charge in [0, 0.05) is 39.6 Å². The molecule has 2 aliphatic rings. The van der Waals surface area contributed by atoms with Crippen LogP contribution in [0.1, 0.15) is 34.2 Å². The summed E-state index contributed by atoms with van der Waals surface area (Å²) in [6.45, 7) is 0.